The third-order valence-electron chi connectivity index (χ3n) is 4.15. The molecule has 0 radical (unpaired) electrons. The molecule has 116 valence electrons. The molecule has 3 N–H and O–H groups in total. The molecule has 1 aliphatic carbocycles. The molecular weight excluding hydrogens is 262 g/mol. The lowest BCUT2D eigenvalue weighted by Crippen LogP contribution is -2.41. The van der Waals surface area contributed by atoms with Gasteiger partial charge in [-0.2, -0.15) is 0 Å². The molecule has 0 aliphatic heterocycles. The Kier molecular flexibility index (Phi) is 5.76. The van der Waals surface area contributed by atoms with E-state index in [1.54, 1.807) is 0 Å². The van der Waals surface area contributed by atoms with E-state index < -0.39 is 0 Å². The van der Waals surface area contributed by atoms with Crippen LogP contribution >= 0.6 is 0 Å². The van der Waals surface area contributed by atoms with Crippen molar-refractivity contribution in [3.05, 3.63) is 35.9 Å². The van der Waals surface area contributed by atoms with Crippen molar-refractivity contribution < 1.29 is 4.79 Å². The summed E-state index contributed by atoms with van der Waals surface area (Å²) in [6.07, 6.45) is 3.88. The summed E-state index contributed by atoms with van der Waals surface area (Å²) in [5.74, 6) is 0.225. The first-order valence-corrected chi connectivity index (χ1v) is 7.82. The number of likely N-dealkylation sites (N-methyl/N-ethyl adjacent to an activating group) is 1. The lowest BCUT2D eigenvalue weighted by atomic mass is 9.85. The van der Waals surface area contributed by atoms with Crippen LogP contribution in [0.5, 0.6) is 0 Å². The SMILES string of the molecule is CN(C)CC(NC(=O)C1CCCC(N)C1)c1ccccc1. The van der Waals surface area contributed by atoms with Gasteiger partial charge in [-0.05, 0) is 38.9 Å². The minimum atomic E-state index is 0.0341. The van der Waals surface area contributed by atoms with Gasteiger partial charge in [0.2, 0.25) is 5.91 Å². The second-order valence-corrected chi connectivity index (χ2v) is 6.36. The highest BCUT2D eigenvalue weighted by molar-refractivity contribution is 5.79. The van der Waals surface area contributed by atoms with E-state index >= 15 is 0 Å². The number of hydrogen-bond acceptors (Lipinski definition) is 3. The summed E-state index contributed by atoms with van der Waals surface area (Å²) in [5.41, 5.74) is 7.15. The van der Waals surface area contributed by atoms with Gasteiger partial charge in [0, 0.05) is 18.5 Å². The topological polar surface area (TPSA) is 58.4 Å². The fourth-order valence-electron chi connectivity index (χ4n) is 3.04. The Morgan fingerprint density at radius 3 is 2.67 bits per heavy atom. The summed E-state index contributed by atoms with van der Waals surface area (Å²) in [6, 6.07) is 10.4. The largest absolute Gasteiger partial charge is 0.348 e. The molecule has 3 unspecified atom stereocenters. The van der Waals surface area contributed by atoms with Crippen molar-refractivity contribution in [3.63, 3.8) is 0 Å². The molecule has 2 rings (SSSR count). The Hall–Kier alpha value is -1.39. The molecule has 4 nitrogen and oxygen atoms in total. The van der Waals surface area contributed by atoms with Gasteiger partial charge in [-0.15, -0.1) is 0 Å². The molecule has 0 spiro atoms. The maximum Gasteiger partial charge on any atom is 0.223 e. The van der Waals surface area contributed by atoms with Gasteiger partial charge >= 0.3 is 0 Å². The molecule has 21 heavy (non-hydrogen) atoms. The first-order chi connectivity index (χ1) is 10.1. The molecule has 1 aromatic carbocycles. The van der Waals surface area contributed by atoms with Gasteiger partial charge < -0.3 is 16.0 Å². The predicted octanol–water partition coefficient (Wildman–Crippen LogP) is 1.92. The van der Waals surface area contributed by atoms with Crippen LogP contribution in [0.4, 0.5) is 0 Å². The molecule has 0 saturated heterocycles. The zero-order valence-electron chi connectivity index (χ0n) is 13.1. The Morgan fingerprint density at radius 1 is 1.33 bits per heavy atom. The number of amides is 1. The molecule has 1 aliphatic rings. The normalized spacial score (nSPS) is 23.8. The van der Waals surface area contributed by atoms with Gasteiger partial charge in [-0.1, -0.05) is 36.8 Å². The lowest BCUT2D eigenvalue weighted by Gasteiger charge is -2.29. The van der Waals surface area contributed by atoms with Crippen molar-refractivity contribution in [3.8, 4) is 0 Å². The fraction of sp³-hybridized carbons (Fsp3) is 0.588. The quantitative estimate of drug-likeness (QED) is 0.870. The van der Waals surface area contributed by atoms with Crippen molar-refractivity contribution in [1.82, 2.24) is 10.2 Å². The molecule has 0 aromatic heterocycles. The molecule has 1 aromatic rings. The number of benzene rings is 1. The maximum atomic E-state index is 12.5. The van der Waals surface area contributed by atoms with E-state index in [1.807, 2.05) is 32.3 Å². The van der Waals surface area contributed by atoms with E-state index in [0.717, 1.165) is 37.8 Å². The number of carbonyl (C=O) groups is 1. The summed E-state index contributed by atoms with van der Waals surface area (Å²) < 4.78 is 0. The van der Waals surface area contributed by atoms with Gasteiger partial charge in [-0.3, -0.25) is 4.79 Å². The van der Waals surface area contributed by atoms with Gasteiger partial charge in [0.15, 0.2) is 0 Å². The first-order valence-electron chi connectivity index (χ1n) is 7.82. The fourth-order valence-corrected chi connectivity index (χ4v) is 3.04. The van der Waals surface area contributed by atoms with Crippen LogP contribution in [0.25, 0.3) is 0 Å². The molecule has 1 saturated carbocycles. The molecule has 0 heterocycles. The number of rotatable bonds is 5. The van der Waals surface area contributed by atoms with Crippen molar-refractivity contribution in [2.45, 2.75) is 37.8 Å². The van der Waals surface area contributed by atoms with Crippen molar-refractivity contribution in [2.75, 3.05) is 20.6 Å². The van der Waals surface area contributed by atoms with Crippen LogP contribution in [0.15, 0.2) is 30.3 Å². The van der Waals surface area contributed by atoms with E-state index in [2.05, 4.69) is 22.3 Å². The summed E-state index contributed by atoms with van der Waals surface area (Å²) in [5, 5.41) is 3.22. The highest BCUT2D eigenvalue weighted by Gasteiger charge is 2.27. The molecular formula is C17H27N3O. The first kappa shape index (κ1) is 16.0. The third-order valence-corrected chi connectivity index (χ3v) is 4.15. The van der Waals surface area contributed by atoms with E-state index in [0.29, 0.717) is 0 Å². The van der Waals surface area contributed by atoms with Crippen LogP contribution in [0, 0.1) is 5.92 Å². The van der Waals surface area contributed by atoms with E-state index in [1.165, 1.54) is 0 Å². The smallest absolute Gasteiger partial charge is 0.223 e. The second-order valence-electron chi connectivity index (χ2n) is 6.36. The number of nitrogens with two attached hydrogens (primary N) is 1. The standard InChI is InChI=1S/C17H27N3O/c1-20(2)12-16(13-7-4-3-5-8-13)19-17(21)14-9-6-10-15(18)11-14/h3-5,7-8,14-16H,6,9-12,18H2,1-2H3,(H,19,21). The maximum absolute atomic E-state index is 12.5. The van der Waals surface area contributed by atoms with Crippen LogP contribution in [-0.4, -0.2) is 37.5 Å². The van der Waals surface area contributed by atoms with E-state index in [4.69, 9.17) is 5.73 Å². The van der Waals surface area contributed by atoms with E-state index in [9.17, 15) is 4.79 Å². The van der Waals surface area contributed by atoms with Gasteiger partial charge in [0.1, 0.15) is 0 Å². The Labute approximate surface area is 127 Å². The number of carbonyl (C=O) groups excluding carboxylic acids is 1. The average molecular weight is 289 g/mol. The molecule has 0 bridgehead atoms. The Morgan fingerprint density at radius 2 is 2.05 bits per heavy atom. The minimum Gasteiger partial charge on any atom is -0.348 e. The Balaban J connectivity index is 2.02. The summed E-state index contributed by atoms with van der Waals surface area (Å²) in [4.78, 5) is 14.6. The van der Waals surface area contributed by atoms with Gasteiger partial charge in [0.25, 0.3) is 0 Å². The van der Waals surface area contributed by atoms with Crippen LogP contribution in [0.1, 0.15) is 37.3 Å². The monoisotopic (exact) mass is 289 g/mol. The van der Waals surface area contributed by atoms with Gasteiger partial charge in [-0.25, -0.2) is 0 Å². The van der Waals surface area contributed by atoms with Crippen LogP contribution < -0.4 is 11.1 Å². The average Bonchev–Trinajstić information content (AvgIpc) is 2.47. The van der Waals surface area contributed by atoms with Crippen molar-refractivity contribution in [1.29, 1.82) is 0 Å². The van der Waals surface area contributed by atoms with Crippen molar-refractivity contribution in [2.24, 2.45) is 11.7 Å². The lowest BCUT2D eigenvalue weighted by molar-refractivity contribution is -0.127. The highest BCUT2D eigenvalue weighted by Crippen LogP contribution is 2.24. The Bertz CT molecular complexity index is 447. The van der Waals surface area contributed by atoms with Crippen LogP contribution in [-0.2, 0) is 4.79 Å². The van der Waals surface area contributed by atoms with Crippen molar-refractivity contribution >= 4 is 5.91 Å². The molecule has 3 atom stereocenters. The zero-order chi connectivity index (χ0) is 15.2. The number of hydrogen-bond donors (Lipinski definition) is 2. The summed E-state index contributed by atoms with van der Waals surface area (Å²) in [6.45, 7) is 0.800. The summed E-state index contributed by atoms with van der Waals surface area (Å²) >= 11 is 0. The van der Waals surface area contributed by atoms with Crippen LogP contribution in [0.2, 0.25) is 0 Å². The molecule has 1 fully saturated rings. The highest BCUT2D eigenvalue weighted by atomic mass is 16.1. The molecule has 4 heteroatoms. The second kappa shape index (κ2) is 7.57. The minimum absolute atomic E-state index is 0.0341. The third kappa shape index (κ3) is 4.83. The number of nitrogens with zero attached hydrogens (tertiary/aromatic N) is 1. The summed E-state index contributed by atoms with van der Waals surface area (Å²) in [7, 11) is 4.05. The predicted molar refractivity (Wildman–Crippen MR) is 85.8 cm³/mol. The molecule has 1 amide bonds. The van der Waals surface area contributed by atoms with Gasteiger partial charge in [0.05, 0.1) is 6.04 Å². The zero-order valence-corrected chi connectivity index (χ0v) is 13.1. The van der Waals surface area contributed by atoms with E-state index in [-0.39, 0.29) is 23.9 Å². The van der Waals surface area contributed by atoms with Crippen LogP contribution in [0.3, 0.4) is 0 Å². The number of nitrogens with one attached hydrogen (secondary N) is 1.